The van der Waals surface area contributed by atoms with Gasteiger partial charge in [-0.25, -0.2) is 4.98 Å². The van der Waals surface area contributed by atoms with Crippen molar-refractivity contribution in [1.82, 2.24) is 9.38 Å². The maximum Gasteiger partial charge on any atom is 0.195 e. The number of imidazole rings is 1. The molecule has 4 aromatic rings. The zero-order chi connectivity index (χ0) is 14.4. The lowest BCUT2D eigenvalue weighted by Gasteiger charge is -2.02. The first-order valence-corrected chi connectivity index (χ1v) is 7.73. The van der Waals surface area contributed by atoms with Gasteiger partial charge in [0.25, 0.3) is 0 Å². The molecule has 0 unspecified atom stereocenters. The van der Waals surface area contributed by atoms with Crippen molar-refractivity contribution in [2.45, 2.75) is 6.61 Å². The van der Waals surface area contributed by atoms with Crippen molar-refractivity contribution in [2.75, 3.05) is 0 Å². The highest BCUT2D eigenvalue weighted by Gasteiger charge is 2.17. The highest BCUT2D eigenvalue weighted by atomic mass is 35.5. The molecule has 0 bridgehead atoms. The summed E-state index contributed by atoms with van der Waals surface area (Å²) in [6.07, 6.45) is 0. The van der Waals surface area contributed by atoms with Crippen molar-refractivity contribution < 1.29 is 5.11 Å². The number of hydrogen-bond acceptors (Lipinski definition) is 3. The number of nitrogens with zero attached hydrogens (tertiary/aromatic N) is 2. The summed E-state index contributed by atoms with van der Waals surface area (Å²) in [6.45, 7) is -0.0557. The Bertz CT molecular complexity index is 940. The van der Waals surface area contributed by atoms with Crippen LogP contribution in [0, 0.1) is 0 Å². The molecule has 0 spiro atoms. The number of aromatic nitrogens is 2. The van der Waals surface area contributed by atoms with E-state index in [2.05, 4.69) is 6.07 Å². The third-order valence-corrected chi connectivity index (χ3v) is 4.79. The van der Waals surface area contributed by atoms with E-state index in [1.165, 1.54) is 0 Å². The van der Waals surface area contributed by atoms with Crippen LogP contribution in [0.15, 0.2) is 48.5 Å². The summed E-state index contributed by atoms with van der Waals surface area (Å²) in [5, 5.41) is 10.5. The number of benzene rings is 2. The Morgan fingerprint density at radius 1 is 1.10 bits per heavy atom. The van der Waals surface area contributed by atoms with Crippen LogP contribution in [0.1, 0.15) is 5.69 Å². The van der Waals surface area contributed by atoms with Crippen LogP contribution in [0.25, 0.3) is 26.4 Å². The predicted octanol–water partition coefficient (Wildman–Crippen LogP) is 4.36. The van der Waals surface area contributed by atoms with Crippen molar-refractivity contribution in [3.63, 3.8) is 0 Å². The molecule has 21 heavy (non-hydrogen) atoms. The first-order chi connectivity index (χ1) is 10.3. The van der Waals surface area contributed by atoms with Gasteiger partial charge in [-0.05, 0) is 24.3 Å². The van der Waals surface area contributed by atoms with Gasteiger partial charge >= 0.3 is 0 Å². The van der Waals surface area contributed by atoms with E-state index in [1.807, 2.05) is 46.9 Å². The van der Waals surface area contributed by atoms with E-state index in [0.29, 0.717) is 5.02 Å². The standard InChI is InChI=1S/C16H11ClN2OS/c17-11-7-5-10(6-8-11)15-13(9-20)19-12-3-1-2-4-14(12)21-16(19)18-15/h1-8,20H,9H2. The Kier molecular flexibility index (Phi) is 2.96. The van der Waals surface area contributed by atoms with Gasteiger partial charge in [-0.15, -0.1) is 0 Å². The van der Waals surface area contributed by atoms with E-state index >= 15 is 0 Å². The summed E-state index contributed by atoms with van der Waals surface area (Å²) in [7, 11) is 0. The molecule has 3 nitrogen and oxygen atoms in total. The largest absolute Gasteiger partial charge is 0.390 e. The monoisotopic (exact) mass is 314 g/mol. The summed E-state index contributed by atoms with van der Waals surface area (Å²) >= 11 is 7.56. The maximum absolute atomic E-state index is 9.82. The second-order valence-electron chi connectivity index (χ2n) is 4.76. The molecular weight excluding hydrogens is 304 g/mol. The Morgan fingerprint density at radius 2 is 1.86 bits per heavy atom. The van der Waals surface area contributed by atoms with E-state index in [9.17, 15) is 5.11 Å². The number of rotatable bonds is 2. The Labute approximate surface area is 130 Å². The van der Waals surface area contributed by atoms with Crippen LogP contribution in [0.3, 0.4) is 0 Å². The minimum absolute atomic E-state index is 0.0557. The molecule has 2 aromatic carbocycles. The summed E-state index contributed by atoms with van der Waals surface area (Å²) in [6, 6.07) is 15.6. The summed E-state index contributed by atoms with van der Waals surface area (Å²) < 4.78 is 3.20. The van der Waals surface area contributed by atoms with Gasteiger partial charge in [0, 0.05) is 10.6 Å². The first kappa shape index (κ1) is 12.8. The number of aliphatic hydroxyl groups is 1. The smallest absolute Gasteiger partial charge is 0.195 e. The molecule has 2 aromatic heterocycles. The lowest BCUT2D eigenvalue weighted by molar-refractivity contribution is 0.277. The zero-order valence-corrected chi connectivity index (χ0v) is 12.5. The molecule has 0 amide bonds. The molecule has 104 valence electrons. The van der Waals surface area contributed by atoms with Crippen LogP contribution in [0.5, 0.6) is 0 Å². The number of aliphatic hydroxyl groups excluding tert-OH is 1. The molecule has 5 heteroatoms. The van der Waals surface area contributed by atoms with Crippen molar-refractivity contribution in [3.8, 4) is 11.3 Å². The minimum Gasteiger partial charge on any atom is -0.390 e. The molecule has 0 aliphatic rings. The van der Waals surface area contributed by atoms with Gasteiger partial charge < -0.3 is 5.11 Å². The lowest BCUT2D eigenvalue weighted by Crippen LogP contribution is -1.93. The molecule has 0 aliphatic heterocycles. The Balaban J connectivity index is 2.04. The fourth-order valence-electron chi connectivity index (χ4n) is 2.56. The van der Waals surface area contributed by atoms with E-state index in [-0.39, 0.29) is 6.61 Å². The molecule has 2 heterocycles. The highest BCUT2D eigenvalue weighted by molar-refractivity contribution is 7.23. The second kappa shape index (κ2) is 4.84. The molecule has 0 saturated carbocycles. The number of hydrogen-bond donors (Lipinski definition) is 1. The van der Waals surface area contributed by atoms with Gasteiger partial charge in [0.05, 0.1) is 28.2 Å². The van der Waals surface area contributed by atoms with Crippen LogP contribution < -0.4 is 0 Å². The van der Waals surface area contributed by atoms with Gasteiger partial charge in [-0.3, -0.25) is 4.40 Å². The van der Waals surface area contributed by atoms with E-state index in [0.717, 1.165) is 32.1 Å². The summed E-state index contributed by atoms with van der Waals surface area (Å²) in [5.41, 5.74) is 3.66. The van der Waals surface area contributed by atoms with Crippen LogP contribution in [0.2, 0.25) is 5.02 Å². The average molecular weight is 315 g/mol. The molecule has 0 radical (unpaired) electrons. The molecule has 0 fully saturated rings. The fraction of sp³-hybridized carbons (Fsp3) is 0.0625. The van der Waals surface area contributed by atoms with Crippen LogP contribution in [-0.4, -0.2) is 14.5 Å². The van der Waals surface area contributed by atoms with Gasteiger partial charge in [0.15, 0.2) is 4.96 Å². The second-order valence-corrected chi connectivity index (χ2v) is 6.21. The third-order valence-electron chi connectivity index (χ3n) is 3.52. The number of fused-ring (bicyclic) bond motifs is 3. The molecule has 0 saturated heterocycles. The molecule has 0 aliphatic carbocycles. The van der Waals surface area contributed by atoms with Crippen molar-refractivity contribution >= 4 is 38.1 Å². The van der Waals surface area contributed by atoms with E-state index in [1.54, 1.807) is 11.3 Å². The number of para-hydroxylation sites is 1. The van der Waals surface area contributed by atoms with Crippen LogP contribution in [-0.2, 0) is 6.61 Å². The average Bonchev–Trinajstić information content (AvgIpc) is 3.03. The van der Waals surface area contributed by atoms with Crippen LogP contribution in [0.4, 0.5) is 0 Å². The molecular formula is C16H11ClN2OS. The van der Waals surface area contributed by atoms with Crippen molar-refractivity contribution in [2.24, 2.45) is 0 Å². The Morgan fingerprint density at radius 3 is 2.62 bits per heavy atom. The van der Waals surface area contributed by atoms with Gasteiger partial charge in [-0.1, -0.05) is 47.2 Å². The predicted molar refractivity (Wildman–Crippen MR) is 86.9 cm³/mol. The quantitative estimate of drug-likeness (QED) is 0.597. The fourth-order valence-corrected chi connectivity index (χ4v) is 3.73. The maximum atomic E-state index is 9.82. The first-order valence-electron chi connectivity index (χ1n) is 6.53. The lowest BCUT2D eigenvalue weighted by atomic mass is 10.1. The number of halogens is 1. The van der Waals surface area contributed by atoms with Crippen molar-refractivity contribution in [3.05, 3.63) is 59.2 Å². The van der Waals surface area contributed by atoms with Gasteiger partial charge in [-0.2, -0.15) is 0 Å². The van der Waals surface area contributed by atoms with Crippen molar-refractivity contribution in [1.29, 1.82) is 0 Å². The highest BCUT2D eigenvalue weighted by Crippen LogP contribution is 2.33. The third kappa shape index (κ3) is 1.95. The van der Waals surface area contributed by atoms with E-state index in [4.69, 9.17) is 16.6 Å². The number of thiazole rings is 1. The van der Waals surface area contributed by atoms with Gasteiger partial charge in [0.1, 0.15) is 0 Å². The zero-order valence-electron chi connectivity index (χ0n) is 11.0. The molecule has 1 N–H and O–H groups in total. The van der Waals surface area contributed by atoms with E-state index < -0.39 is 0 Å². The minimum atomic E-state index is -0.0557. The SMILES string of the molecule is OCc1c(-c2ccc(Cl)cc2)nc2sc3ccccc3n12. The normalized spacial score (nSPS) is 11.5. The van der Waals surface area contributed by atoms with Gasteiger partial charge in [0.2, 0.25) is 0 Å². The molecule has 4 rings (SSSR count). The topological polar surface area (TPSA) is 37.5 Å². The molecule has 0 atom stereocenters. The summed E-state index contributed by atoms with van der Waals surface area (Å²) in [4.78, 5) is 5.59. The van der Waals surface area contributed by atoms with Crippen LogP contribution >= 0.6 is 22.9 Å². The Hall–Kier alpha value is -1.88. The summed E-state index contributed by atoms with van der Waals surface area (Å²) in [5.74, 6) is 0.